The number of methoxy groups -OCH3 is 1. The maximum Gasteiger partial charge on any atom is 0.510 e. The Labute approximate surface area is 229 Å². The lowest BCUT2D eigenvalue weighted by Crippen LogP contribution is -2.26. The maximum atomic E-state index is 12.2. The van der Waals surface area contributed by atoms with E-state index in [0.717, 1.165) is 25.7 Å². The second kappa shape index (κ2) is 13.5. The van der Waals surface area contributed by atoms with Crippen molar-refractivity contribution in [1.29, 1.82) is 0 Å². The number of ether oxygens (including phenoxy) is 5. The zero-order valence-electron chi connectivity index (χ0n) is 21.6. The van der Waals surface area contributed by atoms with E-state index in [-0.39, 0.29) is 25.1 Å². The van der Waals surface area contributed by atoms with E-state index in [1.54, 1.807) is 13.1 Å². The lowest BCUT2D eigenvalue weighted by atomic mass is 10.0. The van der Waals surface area contributed by atoms with Crippen LogP contribution in [0.1, 0.15) is 38.8 Å². The lowest BCUT2D eigenvalue weighted by molar-refractivity contribution is -0.0640. The van der Waals surface area contributed by atoms with E-state index in [1.807, 2.05) is 0 Å². The Bertz CT molecular complexity index is 1170. The minimum absolute atomic E-state index is 0.0333. The molecule has 3 N–H and O–H groups in total. The van der Waals surface area contributed by atoms with Crippen LogP contribution in [-0.2, 0) is 32.8 Å². The third kappa shape index (κ3) is 7.76. The molecule has 5 atom stereocenters. The molecule has 3 heterocycles. The fraction of sp³-hybridized carbons (Fsp3) is 0.727. The summed E-state index contributed by atoms with van der Waals surface area (Å²) >= 11 is 6.20. The molecule has 0 bridgehead atoms. The van der Waals surface area contributed by atoms with Gasteiger partial charge in [0.2, 0.25) is 12.1 Å². The van der Waals surface area contributed by atoms with Crippen LogP contribution in [0.15, 0.2) is 6.20 Å². The molecular weight excluding hydrogens is 561 g/mol. The minimum Gasteiger partial charge on any atom is -0.432 e. The quantitative estimate of drug-likeness (QED) is 0.101. The molecule has 15 nitrogen and oxygen atoms in total. The largest absolute Gasteiger partial charge is 0.510 e. The third-order valence-corrected chi connectivity index (χ3v) is 7.76. The van der Waals surface area contributed by atoms with Gasteiger partial charge in [-0.1, -0.05) is 19.8 Å². The molecule has 1 aliphatic carbocycles. The zero-order chi connectivity index (χ0) is 28.0. The zero-order valence-corrected chi connectivity index (χ0v) is 23.3. The van der Waals surface area contributed by atoms with Crippen molar-refractivity contribution in [2.75, 3.05) is 45.4 Å². The number of carbonyl (C=O) groups is 1. The second-order valence-electron chi connectivity index (χ2n) is 9.33. The van der Waals surface area contributed by atoms with Crippen LogP contribution < -0.4 is 5.32 Å². The van der Waals surface area contributed by atoms with Crippen LogP contribution in [0.2, 0.25) is 5.28 Å². The molecular formula is C22H33ClN5O10P. The van der Waals surface area contributed by atoms with Crippen molar-refractivity contribution < 1.29 is 47.6 Å². The fourth-order valence-electron chi connectivity index (χ4n) is 4.44. The van der Waals surface area contributed by atoms with Crippen molar-refractivity contribution in [3.8, 4) is 0 Å². The molecule has 39 heavy (non-hydrogen) atoms. The topological polar surface area (TPSA) is 186 Å². The highest BCUT2D eigenvalue weighted by atomic mass is 35.5. The van der Waals surface area contributed by atoms with Gasteiger partial charge < -0.3 is 39.0 Å². The van der Waals surface area contributed by atoms with Gasteiger partial charge in [-0.15, -0.1) is 0 Å². The standard InChI is InChI=1S/C22H33ClN5O10P/c1-13-16(10-34-12-39(31,32)37-11-36-22(30)35-8-7-33-2)38-20(17(13)29)28-19-15(9-24-28)18(26-21(23)27-19)25-14-5-3-4-6-14/h9,13-14,16-17,20,29H,3-8,10-12H2,1-2H3,(H,31,32)(H,25,26,27)/t13-,16-,17-,20-/m1/s1. The maximum absolute atomic E-state index is 12.2. The van der Waals surface area contributed by atoms with Crippen molar-refractivity contribution in [3.05, 3.63) is 11.5 Å². The second-order valence-corrected chi connectivity index (χ2v) is 11.5. The molecule has 4 rings (SSSR count). The molecule has 218 valence electrons. The summed E-state index contributed by atoms with van der Waals surface area (Å²) in [7, 11) is -2.81. The predicted molar refractivity (Wildman–Crippen MR) is 136 cm³/mol. The predicted octanol–water partition coefficient (Wildman–Crippen LogP) is 2.66. The summed E-state index contributed by atoms with van der Waals surface area (Å²) in [6.07, 6.45) is 1.72. The number of fused-ring (bicyclic) bond motifs is 1. The van der Waals surface area contributed by atoms with Gasteiger partial charge in [-0.2, -0.15) is 15.1 Å². The number of aromatic nitrogens is 4. The molecule has 1 saturated carbocycles. The first-order chi connectivity index (χ1) is 18.7. The van der Waals surface area contributed by atoms with Gasteiger partial charge in [0.1, 0.15) is 24.9 Å². The van der Waals surface area contributed by atoms with E-state index in [2.05, 4.69) is 29.9 Å². The van der Waals surface area contributed by atoms with E-state index < -0.39 is 51.2 Å². The van der Waals surface area contributed by atoms with E-state index in [4.69, 9.17) is 30.3 Å². The molecule has 0 amide bonds. The first-order valence-electron chi connectivity index (χ1n) is 12.5. The van der Waals surface area contributed by atoms with Gasteiger partial charge in [-0.25, -0.2) is 9.48 Å². The monoisotopic (exact) mass is 593 g/mol. The van der Waals surface area contributed by atoms with Crippen molar-refractivity contribution in [2.45, 2.75) is 57.1 Å². The smallest absolute Gasteiger partial charge is 0.432 e. The summed E-state index contributed by atoms with van der Waals surface area (Å²) in [4.78, 5) is 29.9. The normalized spacial score (nSPS) is 25.2. The van der Waals surface area contributed by atoms with Crippen LogP contribution >= 0.6 is 19.2 Å². The Balaban J connectivity index is 1.31. The number of hydrogen-bond donors (Lipinski definition) is 3. The third-order valence-electron chi connectivity index (χ3n) is 6.57. The number of aliphatic hydroxyl groups is 1. The van der Waals surface area contributed by atoms with E-state index in [9.17, 15) is 19.4 Å². The van der Waals surface area contributed by atoms with Gasteiger partial charge in [-0.3, -0.25) is 9.09 Å². The number of aliphatic hydroxyl groups excluding tert-OH is 1. The molecule has 1 aliphatic heterocycles. The van der Waals surface area contributed by atoms with Gasteiger partial charge in [0.05, 0.1) is 30.9 Å². The minimum atomic E-state index is -4.25. The van der Waals surface area contributed by atoms with Crippen molar-refractivity contribution in [2.24, 2.45) is 5.92 Å². The first kappa shape index (κ1) is 29.9. The summed E-state index contributed by atoms with van der Waals surface area (Å²) < 4.78 is 43.6. The van der Waals surface area contributed by atoms with Crippen LogP contribution in [0, 0.1) is 5.92 Å². The SMILES string of the molecule is COCCOC(=O)OCOP(=O)(O)COC[C@H]1O[C@@H](n2ncc3c(NC4CCCC4)nc(Cl)nc32)[C@H](O)[C@@H]1C. The fourth-order valence-corrected chi connectivity index (χ4v) is 5.24. The van der Waals surface area contributed by atoms with Gasteiger partial charge >= 0.3 is 13.8 Å². The van der Waals surface area contributed by atoms with Gasteiger partial charge in [0.25, 0.3) is 0 Å². The highest BCUT2D eigenvalue weighted by molar-refractivity contribution is 7.52. The Morgan fingerprint density at radius 3 is 2.79 bits per heavy atom. The molecule has 0 spiro atoms. The number of rotatable bonds is 13. The highest BCUT2D eigenvalue weighted by Gasteiger charge is 2.43. The first-order valence-corrected chi connectivity index (χ1v) is 14.7. The van der Waals surface area contributed by atoms with Crippen LogP contribution in [-0.4, -0.2) is 94.2 Å². The van der Waals surface area contributed by atoms with Crippen molar-refractivity contribution >= 4 is 42.2 Å². The van der Waals surface area contributed by atoms with E-state index in [1.165, 1.54) is 11.8 Å². The van der Waals surface area contributed by atoms with Crippen LogP contribution in [0.25, 0.3) is 11.0 Å². The Hall–Kier alpha value is -2.10. The van der Waals surface area contributed by atoms with E-state index in [0.29, 0.717) is 22.9 Å². The number of nitrogens with one attached hydrogen (secondary N) is 1. The average molecular weight is 594 g/mol. The van der Waals surface area contributed by atoms with Gasteiger partial charge in [-0.05, 0) is 24.4 Å². The summed E-state index contributed by atoms with van der Waals surface area (Å²) in [6, 6.07) is 0.296. The lowest BCUT2D eigenvalue weighted by Gasteiger charge is -2.17. The summed E-state index contributed by atoms with van der Waals surface area (Å²) in [5.41, 5.74) is 0.405. The molecule has 0 radical (unpaired) electrons. The number of anilines is 1. The van der Waals surface area contributed by atoms with Crippen LogP contribution in [0.4, 0.5) is 10.6 Å². The number of carbonyl (C=O) groups excluding carboxylic acids is 1. The Kier molecular flexibility index (Phi) is 10.3. The number of halogens is 1. The number of nitrogens with zero attached hydrogens (tertiary/aromatic N) is 4. The molecule has 2 aliphatic rings. The van der Waals surface area contributed by atoms with Crippen molar-refractivity contribution in [3.63, 3.8) is 0 Å². The molecule has 2 aromatic heterocycles. The molecule has 0 aromatic carbocycles. The Morgan fingerprint density at radius 1 is 1.28 bits per heavy atom. The summed E-state index contributed by atoms with van der Waals surface area (Å²) in [6.45, 7) is 0.989. The van der Waals surface area contributed by atoms with Crippen LogP contribution in [0.5, 0.6) is 0 Å². The highest BCUT2D eigenvalue weighted by Crippen LogP contribution is 2.42. The molecule has 1 saturated heterocycles. The molecule has 2 fully saturated rings. The average Bonchev–Trinajstić information content (AvgIpc) is 3.61. The molecule has 17 heteroatoms. The van der Waals surface area contributed by atoms with Crippen molar-refractivity contribution in [1.82, 2.24) is 19.7 Å². The van der Waals surface area contributed by atoms with Gasteiger partial charge in [0, 0.05) is 19.1 Å². The summed E-state index contributed by atoms with van der Waals surface area (Å²) in [5, 5.41) is 19.4. The Morgan fingerprint density at radius 2 is 2.05 bits per heavy atom. The van der Waals surface area contributed by atoms with E-state index >= 15 is 0 Å². The van der Waals surface area contributed by atoms with Crippen LogP contribution in [0.3, 0.4) is 0 Å². The number of hydrogen-bond acceptors (Lipinski definition) is 13. The molecule has 2 aromatic rings. The van der Waals surface area contributed by atoms with Gasteiger partial charge in [0.15, 0.2) is 11.9 Å². The molecule has 1 unspecified atom stereocenters. The summed E-state index contributed by atoms with van der Waals surface area (Å²) in [5.74, 6) is 0.168.